The SMILES string of the molecule is Nc1cccnc1OCCN1CCCC1. The van der Waals surface area contributed by atoms with E-state index in [1.165, 1.54) is 25.9 Å². The van der Waals surface area contributed by atoms with Crippen LogP contribution in [0.15, 0.2) is 18.3 Å². The summed E-state index contributed by atoms with van der Waals surface area (Å²) in [7, 11) is 0. The maximum absolute atomic E-state index is 5.71. The van der Waals surface area contributed by atoms with Crippen LogP contribution in [0.3, 0.4) is 0 Å². The second-order valence-corrected chi connectivity index (χ2v) is 3.79. The first-order valence-corrected chi connectivity index (χ1v) is 5.42. The van der Waals surface area contributed by atoms with Crippen molar-refractivity contribution in [3.8, 4) is 5.88 Å². The molecule has 0 aromatic carbocycles. The van der Waals surface area contributed by atoms with Crippen molar-refractivity contribution in [2.45, 2.75) is 12.8 Å². The quantitative estimate of drug-likeness (QED) is 0.804. The maximum atomic E-state index is 5.71. The summed E-state index contributed by atoms with van der Waals surface area (Å²) < 4.78 is 5.52. The highest BCUT2D eigenvalue weighted by Crippen LogP contribution is 2.16. The number of pyridine rings is 1. The molecule has 0 radical (unpaired) electrons. The van der Waals surface area contributed by atoms with Gasteiger partial charge in [-0.05, 0) is 38.1 Å². The van der Waals surface area contributed by atoms with Crippen LogP contribution in [0.25, 0.3) is 0 Å². The molecule has 1 aromatic heterocycles. The minimum atomic E-state index is 0.552. The number of anilines is 1. The monoisotopic (exact) mass is 207 g/mol. The smallest absolute Gasteiger partial charge is 0.237 e. The van der Waals surface area contributed by atoms with Gasteiger partial charge in [-0.2, -0.15) is 0 Å². The molecule has 4 nitrogen and oxygen atoms in total. The number of nitrogen functional groups attached to an aromatic ring is 1. The number of ether oxygens (including phenoxy) is 1. The highest BCUT2D eigenvalue weighted by atomic mass is 16.5. The zero-order valence-corrected chi connectivity index (χ0v) is 8.85. The third-order valence-corrected chi connectivity index (χ3v) is 2.65. The van der Waals surface area contributed by atoms with Crippen LogP contribution in [0, 0.1) is 0 Å². The predicted octanol–water partition coefficient (Wildman–Crippen LogP) is 1.14. The Balaban J connectivity index is 1.75. The minimum Gasteiger partial charge on any atom is -0.475 e. The van der Waals surface area contributed by atoms with Crippen molar-refractivity contribution in [3.63, 3.8) is 0 Å². The number of hydrogen-bond donors (Lipinski definition) is 1. The number of hydrogen-bond acceptors (Lipinski definition) is 4. The van der Waals surface area contributed by atoms with Gasteiger partial charge in [0.1, 0.15) is 6.61 Å². The third kappa shape index (κ3) is 2.83. The molecule has 1 aliphatic rings. The molecule has 82 valence electrons. The summed E-state index contributed by atoms with van der Waals surface area (Å²) in [5.74, 6) is 0.552. The Labute approximate surface area is 90.0 Å². The summed E-state index contributed by atoms with van der Waals surface area (Å²) in [5.41, 5.74) is 6.32. The van der Waals surface area contributed by atoms with E-state index in [1.54, 1.807) is 12.3 Å². The van der Waals surface area contributed by atoms with E-state index in [2.05, 4.69) is 9.88 Å². The van der Waals surface area contributed by atoms with Crippen LogP contribution in [0.1, 0.15) is 12.8 Å². The molecule has 2 rings (SSSR count). The summed E-state index contributed by atoms with van der Waals surface area (Å²) in [6.07, 6.45) is 4.32. The first-order valence-electron chi connectivity index (χ1n) is 5.42. The lowest BCUT2D eigenvalue weighted by atomic mass is 10.4. The number of likely N-dealkylation sites (tertiary alicyclic amines) is 1. The third-order valence-electron chi connectivity index (χ3n) is 2.65. The molecule has 2 heterocycles. The molecule has 0 amide bonds. The van der Waals surface area contributed by atoms with E-state index < -0.39 is 0 Å². The highest BCUT2D eigenvalue weighted by Gasteiger charge is 2.11. The van der Waals surface area contributed by atoms with Gasteiger partial charge >= 0.3 is 0 Å². The number of rotatable bonds is 4. The number of aromatic nitrogens is 1. The van der Waals surface area contributed by atoms with Crippen LogP contribution in [-0.2, 0) is 0 Å². The van der Waals surface area contributed by atoms with Gasteiger partial charge in [-0.15, -0.1) is 0 Å². The molecule has 0 saturated carbocycles. The van der Waals surface area contributed by atoms with E-state index in [0.717, 1.165) is 6.54 Å². The summed E-state index contributed by atoms with van der Waals surface area (Å²) in [6, 6.07) is 3.61. The Morgan fingerprint density at radius 3 is 2.93 bits per heavy atom. The molecule has 4 heteroatoms. The van der Waals surface area contributed by atoms with E-state index in [4.69, 9.17) is 10.5 Å². The first kappa shape index (κ1) is 10.2. The highest BCUT2D eigenvalue weighted by molar-refractivity contribution is 5.46. The van der Waals surface area contributed by atoms with Gasteiger partial charge in [0, 0.05) is 12.7 Å². The van der Waals surface area contributed by atoms with Crippen molar-refractivity contribution in [3.05, 3.63) is 18.3 Å². The lowest BCUT2D eigenvalue weighted by Gasteiger charge is -2.14. The minimum absolute atomic E-state index is 0.552. The lowest BCUT2D eigenvalue weighted by molar-refractivity contribution is 0.233. The Hall–Kier alpha value is -1.29. The summed E-state index contributed by atoms with van der Waals surface area (Å²) >= 11 is 0. The lowest BCUT2D eigenvalue weighted by Crippen LogP contribution is -2.25. The van der Waals surface area contributed by atoms with Crippen LogP contribution >= 0.6 is 0 Å². The van der Waals surface area contributed by atoms with E-state index in [-0.39, 0.29) is 0 Å². The Bertz CT molecular complexity index is 310. The second-order valence-electron chi connectivity index (χ2n) is 3.79. The molecule has 2 N–H and O–H groups in total. The van der Waals surface area contributed by atoms with Gasteiger partial charge in [0.15, 0.2) is 0 Å². The Morgan fingerprint density at radius 2 is 2.20 bits per heavy atom. The van der Waals surface area contributed by atoms with Crippen molar-refractivity contribution in [1.82, 2.24) is 9.88 Å². The molecule has 0 unspecified atom stereocenters. The van der Waals surface area contributed by atoms with Crippen LogP contribution in [0.5, 0.6) is 5.88 Å². The van der Waals surface area contributed by atoms with Crippen molar-refractivity contribution in [2.24, 2.45) is 0 Å². The van der Waals surface area contributed by atoms with Gasteiger partial charge in [0.25, 0.3) is 0 Å². The van der Waals surface area contributed by atoms with Gasteiger partial charge in [-0.25, -0.2) is 4.98 Å². The Morgan fingerprint density at radius 1 is 1.40 bits per heavy atom. The van der Waals surface area contributed by atoms with E-state index in [0.29, 0.717) is 18.2 Å². The molecule has 1 aliphatic heterocycles. The van der Waals surface area contributed by atoms with Crippen LogP contribution < -0.4 is 10.5 Å². The molecule has 0 aliphatic carbocycles. The molecule has 1 saturated heterocycles. The van der Waals surface area contributed by atoms with E-state index in [1.807, 2.05) is 6.07 Å². The molecule has 15 heavy (non-hydrogen) atoms. The fourth-order valence-corrected chi connectivity index (χ4v) is 1.80. The zero-order chi connectivity index (χ0) is 10.5. The van der Waals surface area contributed by atoms with Gasteiger partial charge in [0.05, 0.1) is 5.69 Å². The van der Waals surface area contributed by atoms with Crippen LogP contribution in [-0.4, -0.2) is 36.1 Å². The fourth-order valence-electron chi connectivity index (χ4n) is 1.80. The largest absolute Gasteiger partial charge is 0.475 e. The van der Waals surface area contributed by atoms with Crippen molar-refractivity contribution >= 4 is 5.69 Å². The topological polar surface area (TPSA) is 51.4 Å². The molecule has 0 spiro atoms. The van der Waals surface area contributed by atoms with Crippen molar-refractivity contribution in [1.29, 1.82) is 0 Å². The van der Waals surface area contributed by atoms with Gasteiger partial charge < -0.3 is 10.5 Å². The maximum Gasteiger partial charge on any atom is 0.237 e. The zero-order valence-electron chi connectivity index (χ0n) is 8.85. The molecular formula is C11H17N3O. The summed E-state index contributed by atoms with van der Waals surface area (Å²) in [4.78, 5) is 6.48. The summed E-state index contributed by atoms with van der Waals surface area (Å²) in [6.45, 7) is 4.03. The average Bonchev–Trinajstić information content (AvgIpc) is 2.74. The fraction of sp³-hybridized carbons (Fsp3) is 0.545. The predicted molar refractivity (Wildman–Crippen MR) is 59.8 cm³/mol. The van der Waals surface area contributed by atoms with Gasteiger partial charge in [-0.1, -0.05) is 0 Å². The van der Waals surface area contributed by atoms with Crippen molar-refractivity contribution < 1.29 is 4.74 Å². The van der Waals surface area contributed by atoms with Crippen LogP contribution in [0.4, 0.5) is 5.69 Å². The molecule has 1 fully saturated rings. The molecule has 0 bridgehead atoms. The summed E-state index contributed by atoms with van der Waals surface area (Å²) in [5, 5.41) is 0. The average molecular weight is 207 g/mol. The number of nitrogens with two attached hydrogens (primary N) is 1. The first-order chi connectivity index (χ1) is 7.36. The van der Waals surface area contributed by atoms with E-state index in [9.17, 15) is 0 Å². The Kier molecular flexibility index (Phi) is 3.40. The van der Waals surface area contributed by atoms with Crippen molar-refractivity contribution in [2.75, 3.05) is 32.0 Å². The molecule has 0 atom stereocenters. The molecule has 1 aromatic rings. The molecular weight excluding hydrogens is 190 g/mol. The standard InChI is InChI=1S/C11H17N3O/c12-10-4-3-5-13-11(10)15-9-8-14-6-1-2-7-14/h3-5H,1-2,6-9,12H2. The van der Waals surface area contributed by atoms with E-state index >= 15 is 0 Å². The van der Waals surface area contributed by atoms with Gasteiger partial charge in [0.2, 0.25) is 5.88 Å². The number of nitrogens with zero attached hydrogens (tertiary/aromatic N) is 2. The van der Waals surface area contributed by atoms with Crippen LogP contribution in [0.2, 0.25) is 0 Å². The van der Waals surface area contributed by atoms with Gasteiger partial charge in [-0.3, -0.25) is 4.90 Å². The normalized spacial score (nSPS) is 16.8. The second kappa shape index (κ2) is 4.98.